The average molecular weight is 243 g/mol. The maximum absolute atomic E-state index is 11.2. The monoisotopic (exact) mass is 243 g/mol. The van der Waals surface area contributed by atoms with Crippen LogP contribution in [0.15, 0.2) is 30.3 Å². The van der Waals surface area contributed by atoms with Crippen molar-refractivity contribution < 1.29 is 60.9 Å². The van der Waals surface area contributed by atoms with E-state index in [-0.39, 0.29) is 57.5 Å². The predicted molar refractivity (Wildman–Crippen MR) is 57.0 cm³/mol. The molecule has 1 aromatic carbocycles. The minimum Gasteiger partial charge on any atom is -0.445 e. The van der Waals surface area contributed by atoms with Gasteiger partial charge in [-0.3, -0.25) is 0 Å². The molecule has 3 nitrogen and oxygen atoms in total. The number of hydrogen-bond donors (Lipinski definition) is 1. The average Bonchev–Trinajstić information content (AvgIpc) is 3.09. The number of ether oxygens (including phenoxy) is 1. The summed E-state index contributed by atoms with van der Waals surface area (Å²) in [7, 11) is 0. The Kier molecular flexibility index (Phi) is 6.61. The fraction of sp³-hybridized carbons (Fsp3) is 0.333. The molecule has 0 aromatic heterocycles. The molecule has 4 heteroatoms. The maximum atomic E-state index is 11.2. The molecule has 1 aromatic rings. The van der Waals surface area contributed by atoms with Crippen molar-refractivity contribution in [3.05, 3.63) is 42.3 Å². The van der Waals surface area contributed by atoms with E-state index in [2.05, 4.69) is 11.7 Å². The van der Waals surface area contributed by atoms with Crippen LogP contribution in [-0.4, -0.2) is 12.6 Å². The number of nitrogens with one attached hydrogen (secondary N) is 1. The molecule has 80 valence electrons. The summed E-state index contributed by atoms with van der Waals surface area (Å²) in [6.07, 6.45) is 2.94. The van der Waals surface area contributed by atoms with Gasteiger partial charge in [0.05, 0.1) is 0 Å². The Hall–Kier alpha value is 0.126. The minimum atomic E-state index is -0.334. The van der Waals surface area contributed by atoms with Gasteiger partial charge >= 0.3 is 57.5 Å². The van der Waals surface area contributed by atoms with Gasteiger partial charge in [0.1, 0.15) is 6.61 Å². The molecule has 1 unspecified atom stereocenters. The molecular formula is C12H14KNO2. The first-order chi connectivity index (χ1) is 7.34. The SMILES string of the molecule is O=C(NCC1[CH-]C1)OCc1ccccc1.[K+]. The van der Waals surface area contributed by atoms with E-state index in [9.17, 15) is 4.79 Å². The van der Waals surface area contributed by atoms with Crippen molar-refractivity contribution in [2.45, 2.75) is 13.0 Å². The van der Waals surface area contributed by atoms with E-state index in [4.69, 9.17) is 4.74 Å². The zero-order chi connectivity index (χ0) is 10.5. The standard InChI is InChI=1S/C12H14NO2.K/c14-12(13-8-10-6-7-10)15-9-11-4-2-1-3-5-11;/h1-6,10H,7-9H2,(H,13,14);/q-1;+1. The van der Waals surface area contributed by atoms with E-state index < -0.39 is 0 Å². The minimum absolute atomic E-state index is 0. The second-order valence-electron chi connectivity index (χ2n) is 3.67. The van der Waals surface area contributed by atoms with E-state index in [1.165, 1.54) is 0 Å². The quantitative estimate of drug-likeness (QED) is 0.552. The van der Waals surface area contributed by atoms with Gasteiger partial charge in [0.25, 0.3) is 0 Å². The van der Waals surface area contributed by atoms with Gasteiger partial charge < -0.3 is 16.5 Å². The molecule has 1 fully saturated rings. The van der Waals surface area contributed by atoms with Crippen molar-refractivity contribution in [2.24, 2.45) is 5.92 Å². The Balaban J connectivity index is 0.00000128. The molecule has 0 radical (unpaired) electrons. The van der Waals surface area contributed by atoms with Gasteiger partial charge in [-0.15, -0.1) is 0 Å². The zero-order valence-electron chi connectivity index (χ0n) is 9.48. The number of hydrogen-bond acceptors (Lipinski definition) is 2. The van der Waals surface area contributed by atoms with Crippen molar-refractivity contribution >= 4 is 6.09 Å². The normalized spacial score (nSPS) is 17.1. The van der Waals surface area contributed by atoms with Crippen LogP contribution >= 0.6 is 0 Å². The summed E-state index contributed by atoms with van der Waals surface area (Å²) in [5.74, 6) is 0.564. The van der Waals surface area contributed by atoms with Gasteiger partial charge in [0.2, 0.25) is 0 Å². The molecule has 1 saturated carbocycles. The Morgan fingerprint density at radius 1 is 1.44 bits per heavy atom. The van der Waals surface area contributed by atoms with Crippen molar-refractivity contribution in [2.75, 3.05) is 6.54 Å². The summed E-state index contributed by atoms with van der Waals surface area (Å²) in [5, 5.41) is 2.72. The third-order valence-corrected chi connectivity index (χ3v) is 2.29. The van der Waals surface area contributed by atoms with Gasteiger partial charge in [0, 0.05) is 0 Å². The van der Waals surface area contributed by atoms with Crippen LogP contribution in [0.3, 0.4) is 0 Å². The van der Waals surface area contributed by atoms with Crippen molar-refractivity contribution in [1.29, 1.82) is 0 Å². The smallest absolute Gasteiger partial charge is 0.445 e. The van der Waals surface area contributed by atoms with Crippen molar-refractivity contribution in [3.8, 4) is 0 Å². The van der Waals surface area contributed by atoms with Crippen LogP contribution < -0.4 is 56.7 Å². The number of carbonyl (C=O) groups is 1. The molecule has 0 bridgehead atoms. The second kappa shape index (κ2) is 7.45. The fourth-order valence-electron chi connectivity index (χ4n) is 1.25. The summed E-state index contributed by atoms with van der Waals surface area (Å²) >= 11 is 0. The first kappa shape index (κ1) is 14.2. The second-order valence-corrected chi connectivity index (χ2v) is 3.67. The van der Waals surface area contributed by atoms with Gasteiger partial charge in [0.15, 0.2) is 0 Å². The Bertz CT molecular complexity index is 325. The summed E-state index contributed by atoms with van der Waals surface area (Å²) < 4.78 is 5.04. The first-order valence-electron chi connectivity index (χ1n) is 5.12. The van der Waals surface area contributed by atoms with Crippen LogP contribution in [0.1, 0.15) is 12.0 Å². The van der Waals surface area contributed by atoms with Crippen LogP contribution in [0.5, 0.6) is 0 Å². The van der Waals surface area contributed by atoms with Crippen molar-refractivity contribution in [1.82, 2.24) is 5.32 Å². The molecule has 1 aliphatic rings. The number of rotatable bonds is 4. The third kappa shape index (κ3) is 5.45. The number of alkyl carbamates (subject to hydrolysis) is 1. The topological polar surface area (TPSA) is 38.3 Å². The van der Waals surface area contributed by atoms with E-state index in [0.717, 1.165) is 12.0 Å². The molecule has 0 spiro atoms. The molecule has 2 rings (SSSR count). The molecule has 0 saturated heterocycles. The van der Waals surface area contributed by atoms with E-state index in [1.807, 2.05) is 30.3 Å². The molecular weight excluding hydrogens is 229 g/mol. The molecule has 1 atom stereocenters. The zero-order valence-corrected chi connectivity index (χ0v) is 12.6. The molecule has 1 N–H and O–H groups in total. The van der Waals surface area contributed by atoms with Gasteiger partial charge in [-0.05, 0) is 12.1 Å². The van der Waals surface area contributed by atoms with E-state index in [0.29, 0.717) is 19.1 Å². The van der Waals surface area contributed by atoms with Crippen LogP contribution in [0.4, 0.5) is 4.79 Å². The van der Waals surface area contributed by atoms with Crippen LogP contribution in [0.25, 0.3) is 0 Å². The van der Waals surface area contributed by atoms with E-state index >= 15 is 0 Å². The molecule has 16 heavy (non-hydrogen) atoms. The fourth-order valence-corrected chi connectivity index (χ4v) is 1.25. The van der Waals surface area contributed by atoms with Crippen LogP contribution in [0.2, 0.25) is 0 Å². The van der Waals surface area contributed by atoms with Gasteiger partial charge in [-0.25, -0.2) is 11.2 Å². The first-order valence-corrected chi connectivity index (χ1v) is 5.12. The summed E-state index contributed by atoms with van der Waals surface area (Å²) in [6, 6.07) is 9.65. The Morgan fingerprint density at radius 2 is 2.12 bits per heavy atom. The summed E-state index contributed by atoms with van der Waals surface area (Å²) in [4.78, 5) is 11.2. The number of amides is 1. The molecule has 1 aliphatic carbocycles. The third-order valence-electron chi connectivity index (χ3n) is 2.29. The molecule has 0 aliphatic heterocycles. The molecule has 1 amide bonds. The Morgan fingerprint density at radius 3 is 2.75 bits per heavy atom. The summed E-state index contributed by atoms with van der Waals surface area (Å²) in [6.45, 7) is 1.04. The molecule has 0 heterocycles. The maximum Gasteiger partial charge on any atom is 1.00 e. The number of benzene rings is 1. The predicted octanol–water partition coefficient (Wildman–Crippen LogP) is -0.859. The van der Waals surface area contributed by atoms with Crippen LogP contribution in [-0.2, 0) is 11.3 Å². The number of carbonyl (C=O) groups excluding carboxylic acids is 1. The van der Waals surface area contributed by atoms with E-state index in [1.54, 1.807) is 0 Å². The summed E-state index contributed by atoms with van der Waals surface area (Å²) in [5.41, 5.74) is 1.01. The Labute approximate surface area is 138 Å². The van der Waals surface area contributed by atoms with Gasteiger partial charge in [-0.1, -0.05) is 30.3 Å². The van der Waals surface area contributed by atoms with Crippen molar-refractivity contribution in [3.63, 3.8) is 0 Å². The van der Waals surface area contributed by atoms with Gasteiger partial charge in [-0.2, -0.15) is 5.92 Å². The van der Waals surface area contributed by atoms with Crippen LogP contribution in [0, 0.1) is 12.3 Å². The largest absolute Gasteiger partial charge is 1.00 e.